The van der Waals surface area contributed by atoms with E-state index in [2.05, 4.69) is 29.9 Å². The van der Waals surface area contributed by atoms with Crippen LogP contribution in [0.3, 0.4) is 0 Å². The van der Waals surface area contributed by atoms with Crippen molar-refractivity contribution in [2.45, 2.75) is 39.2 Å². The van der Waals surface area contributed by atoms with Crippen molar-refractivity contribution >= 4 is 11.3 Å². The van der Waals surface area contributed by atoms with Crippen molar-refractivity contribution in [1.82, 2.24) is 34.4 Å². The highest BCUT2D eigenvalue weighted by atomic mass is 32.2. The normalized spacial score (nSPS) is 13.7. The summed E-state index contributed by atoms with van der Waals surface area (Å²) >= 11 is -2.47. The van der Waals surface area contributed by atoms with E-state index in [0.717, 1.165) is 16.8 Å². The molecule has 0 amide bonds. The lowest BCUT2D eigenvalue weighted by molar-refractivity contribution is 0.390. The van der Waals surface area contributed by atoms with E-state index in [1.807, 2.05) is 42.7 Å². The molecule has 0 aliphatic rings. The van der Waals surface area contributed by atoms with Gasteiger partial charge < -0.3 is 14.0 Å². The number of aryl methyl sites for hydroxylation is 2. The maximum Gasteiger partial charge on any atom is 0.170 e. The first kappa shape index (κ1) is 26.3. The van der Waals surface area contributed by atoms with Gasteiger partial charge in [-0.1, -0.05) is 6.07 Å². The molecule has 11 nitrogen and oxygen atoms in total. The highest BCUT2D eigenvalue weighted by Gasteiger charge is 2.28. The molecule has 194 valence electrons. The highest BCUT2D eigenvalue weighted by molar-refractivity contribution is 7.77. The molecule has 3 aromatic heterocycles. The van der Waals surface area contributed by atoms with Gasteiger partial charge in [0.15, 0.2) is 5.82 Å². The van der Waals surface area contributed by atoms with Crippen molar-refractivity contribution in [2.75, 3.05) is 14.2 Å². The number of aromatic nitrogens is 6. The van der Waals surface area contributed by atoms with Gasteiger partial charge in [0.2, 0.25) is 0 Å². The first-order valence-electron chi connectivity index (χ1n) is 11.5. The number of benzene rings is 1. The lowest BCUT2D eigenvalue weighted by Gasteiger charge is -2.25. The van der Waals surface area contributed by atoms with Crippen LogP contribution < -0.4 is 14.2 Å². The summed E-state index contributed by atoms with van der Waals surface area (Å²) < 4.78 is 38.8. The second-order valence-corrected chi connectivity index (χ2v) is 9.28. The van der Waals surface area contributed by atoms with Crippen LogP contribution in [0.1, 0.15) is 35.6 Å². The zero-order valence-corrected chi connectivity index (χ0v) is 22.0. The van der Waals surface area contributed by atoms with Crippen LogP contribution >= 0.6 is 0 Å². The Labute approximate surface area is 217 Å². The summed E-state index contributed by atoms with van der Waals surface area (Å²) in [6.45, 7) is 5.56. The summed E-state index contributed by atoms with van der Waals surface area (Å²) in [5.41, 5.74) is 3.71. The Balaban J connectivity index is 1.92. The Hall–Kier alpha value is -3.74. The third kappa shape index (κ3) is 5.82. The van der Waals surface area contributed by atoms with E-state index in [0.29, 0.717) is 34.5 Å². The number of hydrogen-bond donors (Lipinski definition) is 1. The van der Waals surface area contributed by atoms with Crippen molar-refractivity contribution in [3.63, 3.8) is 0 Å². The molecule has 0 aliphatic carbocycles. The second kappa shape index (κ2) is 11.5. The van der Waals surface area contributed by atoms with Gasteiger partial charge in [0.1, 0.15) is 23.0 Å². The summed E-state index contributed by atoms with van der Waals surface area (Å²) in [6.07, 6.45) is 7.07. The molecule has 0 aliphatic heterocycles. The van der Waals surface area contributed by atoms with Gasteiger partial charge >= 0.3 is 0 Å². The first-order chi connectivity index (χ1) is 17.8. The molecule has 0 radical (unpaired) electrons. The molecule has 4 aromatic rings. The summed E-state index contributed by atoms with van der Waals surface area (Å²) in [5, 5.41) is 9.06. The van der Waals surface area contributed by atoms with Crippen molar-refractivity contribution < 1.29 is 18.2 Å². The average molecular weight is 523 g/mol. The minimum absolute atomic E-state index is 0.288. The molecular weight excluding hydrogens is 494 g/mol. The molecule has 37 heavy (non-hydrogen) atoms. The molecule has 0 spiro atoms. The summed E-state index contributed by atoms with van der Waals surface area (Å²) in [5.74, 6) is 1.80. The van der Waals surface area contributed by atoms with Crippen LogP contribution in [0.25, 0.3) is 17.1 Å². The van der Waals surface area contributed by atoms with Gasteiger partial charge in [0, 0.05) is 60.0 Å². The number of ether oxygens (including phenoxy) is 2. The highest BCUT2D eigenvalue weighted by Crippen LogP contribution is 2.37. The number of pyridine rings is 1. The Morgan fingerprint density at radius 3 is 2.38 bits per heavy atom. The van der Waals surface area contributed by atoms with E-state index in [-0.39, 0.29) is 6.42 Å². The number of rotatable bonds is 10. The quantitative estimate of drug-likeness (QED) is 0.311. The van der Waals surface area contributed by atoms with Crippen molar-refractivity contribution in [2.24, 2.45) is 0 Å². The number of methoxy groups -OCH3 is 2. The molecular formula is C25H28N7O4S-. The minimum Gasteiger partial charge on any atom is -0.760 e. The van der Waals surface area contributed by atoms with Crippen LogP contribution in [0.5, 0.6) is 11.5 Å². The van der Waals surface area contributed by atoms with Crippen LogP contribution in [0.15, 0.2) is 49.1 Å². The predicted octanol–water partition coefficient (Wildman–Crippen LogP) is 2.85. The molecule has 1 aromatic carbocycles. The Morgan fingerprint density at radius 2 is 1.78 bits per heavy atom. The maximum absolute atomic E-state index is 11.5. The van der Waals surface area contributed by atoms with E-state index in [9.17, 15) is 8.76 Å². The van der Waals surface area contributed by atoms with E-state index < -0.39 is 23.2 Å². The van der Waals surface area contributed by atoms with Crippen molar-refractivity contribution in [3.05, 3.63) is 71.8 Å². The smallest absolute Gasteiger partial charge is 0.170 e. The molecule has 0 saturated heterocycles. The standard InChI is InChI=1S/C25H29N7O4S/c1-15-9-18(13-26-11-15)25-30-29-23(32(25)24-21(35-4)7-6-8-22(24)36-5)10-19(17(3)31-37(33)34)20-14-27-16(2)12-28-20/h6-9,11-14,17,19,31H,10H2,1-5H3,(H,33,34)/p-1/t17-,19-/m1/s1. The number of para-hydroxylation sites is 1. The fourth-order valence-electron chi connectivity index (χ4n) is 4.16. The SMILES string of the molecule is COc1cccc(OC)c1-n1c(C[C@@H](c2cnc(C)cn2)[C@@H](C)NS(=O)[O-])nnc1-c1cncc(C)c1. The zero-order valence-electron chi connectivity index (χ0n) is 21.2. The fraction of sp³-hybridized carbons (Fsp3) is 0.320. The molecule has 12 heteroatoms. The Kier molecular flexibility index (Phi) is 8.21. The van der Waals surface area contributed by atoms with Crippen LogP contribution in [-0.2, 0) is 17.7 Å². The zero-order chi connectivity index (χ0) is 26.5. The lowest BCUT2D eigenvalue weighted by Crippen LogP contribution is -2.35. The maximum atomic E-state index is 11.5. The Bertz CT molecular complexity index is 1370. The topological polar surface area (TPSA) is 140 Å². The van der Waals surface area contributed by atoms with E-state index in [1.165, 1.54) is 0 Å². The summed E-state index contributed by atoms with van der Waals surface area (Å²) in [4.78, 5) is 13.2. The van der Waals surface area contributed by atoms with Gasteiger partial charge in [-0.15, -0.1) is 10.2 Å². The van der Waals surface area contributed by atoms with Gasteiger partial charge in [-0.3, -0.25) is 23.7 Å². The van der Waals surface area contributed by atoms with Gasteiger partial charge in [-0.05, 0) is 44.5 Å². The van der Waals surface area contributed by atoms with Gasteiger partial charge in [0.05, 0.1) is 25.6 Å². The largest absolute Gasteiger partial charge is 0.760 e. The van der Waals surface area contributed by atoms with Crippen molar-refractivity contribution in [3.8, 4) is 28.6 Å². The van der Waals surface area contributed by atoms with Gasteiger partial charge in [-0.25, -0.2) is 4.72 Å². The van der Waals surface area contributed by atoms with Crippen LogP contribution in [-0.4, -0.2) is 58.7 Å². The second-order valence-electron chi connectivity index (χ2n) is 8.57. The Morgan fingerprint density at radius 1 is 1.05 bits per heavy atom. The fourth-order valence-corrected chi connectivity index (χ4v) is 4.63. The van der Waals surface area contributed by atoms with Gasteiger partial charge in [-0.2, -0.15) is 0 Å². The molecule has 1 unspecified atom stereocenters. The molecule has 0 fully saturated rings. The minimum atomic E-state index is -2.47. The van der Waals surface area contributed by atoms with E-state index in [4.69, 9.17) is 9.47 Å². The molecule has 4 rings (SSSR count). The van der Waals surface area contributed by atoms with Crippen LogP contribution in [0, 0.1) is 13.8 Å². The lowest BCUT2D eigenvalue weighted by atomic mass is 9.94. The summed E-state index contributed by atoms with van der Waals surface area (Å²) in [6, 6.07) is 6.94. The van der Waals surface area contributed by atoms with Gasteiger partial charge in [0.25, 0.3) is 0 Å². The van der Waals surface area contributed by atoms with E-state index >= 15 is 0 Å². The van der Waals surface area contributed by atoms with Crippen molar-refractivity contribution in [1.29, 1.82) is 0 Å². The molecule has 1 N–H and O–H groups in total. The monoisotopic (exact) mass is 522 g/mol. The number of hydrogen-bond acceptors (Lipinski definition) is 9. The number of nitrogens with zero attached hydrogens (tertiary/aromatic N) is 6. The first-order valence-corrected chi connectivity index (χ1v) is 12.6. The molecule has 3 atom stereocenters. The van der Waals surface area contributed by atoms with E-state index in [1.54, 1.807) is 45.9 Å². The molecule has 0 saturated carbocycles. The third-order valence-electron chi connectivity index (χ3n) is 5.96. The van der Waals surface area contributed by atoms with Crippen LogP contribution in [0.4, 0.5) is 0 Å². The number of nitrogens with one attached hydrogen (secondary N) is 1. The predicted molar refractivity (Wildman–Crippen MR) is 137 cm³/mol. The average Bonchev–Trinajstić information content (AvgIpc) is 3.30. The molecule has 3 heterocycles. The molecule has 0 bridgehead atoms. The summed E-state index contributed by atoms with van der Waals surface area (Å²) in [7, 11) is 3.16. The third-order valence-corrected chi connectivity index (χ3v) is 6.52. The van der Waals surface area contributed by atoms with Crippen LogP contribution in [0.2, 0.25) is 0 Å².